The van der Waals surface area contributed by atoms with E-state index in [9.17, 15) is 0 Å². The molecule has 0 saturated carbocycles. The second-order valence-corrected chi connectivity index (χ2v) is 4.26. The summed E-state index contributed by atoms with van der Waals surface area (Å²) in [6, 6.07) is 0.273. The Balaban J connectivity index is 2.04. The Bertz CT molecular complexity index is 342. The normalized spacial score (nSPS) is 12.7. The quantitative estimate of drug-likeness (QED) is 0.847. The van der Waals surface area contributed by atoms with E-state index in [0.717, 1.165) is 5.00 Å². The summed E-state index contributed by atoms with van der Waals surface area (Å²) >= 11 is 3.00. The van der Waals surface area contributed by atoms with Crippen molar-refractivity contribution in [2.75, 3.05) is 5.32 Å². The summed E-state index contributed by atoms with van der Waals surface area (Å²) in [7, 11) is 0. The lowest BCUT2D eigenvalue weighted by atomic mass is 10.3. The molecule has 1 unspecified atom stereocenters. The predicted octanol–water partition coefficient (Wildman–Crippen LogP) is 2.17. The van der Waals surface area contributed by atoms with Gasteiger partial charge in [-0.2, -0.15) is 0 Å². The molecule has 68 valence electrons. The molecule has 2 aromatic heterocycles. The molecule has 0 saturated heterocycles. The van der Waals surface area contributed by atoms with Gasteiger partial charge >= 0.3 is 0 Å². The Hall–Kier alpha value is -1.01. The monoisotopic (exact) mass is 212 g/mol. The molecule has 6 heteroatoms. The third kappa shape index (κ3) is 2.02. The maximum Gasteiger partial charge on any atom is 0.130 e. The van der Waals surface area contributed by atoms with Gasteiger partial charge in [-0.15, -0.1) is 16.4 Å². The fraction of sp³-hybridized carbons (Fsp3) is 0.286. The van der Waals surface area contributed by atoms with Crippen molar-refractivity contribution in [2.24, 2.45) is 0 Å². The molecule has 1 atom stereocenters. The molecule has 0 amide bonds. The lowest BCUT2D eigenvalue weighted by Crippen LogP contribution is -2.02. The molecule has 0 radical (unpaired) electrons. The Labute approximate surface area is 83.8 Å². The van der Waals surface area contributed by atoms with Crippen molar-refractivity contribution >= 4 is 27.9 Å². The second-order valence-electron chi connectivity index (χ2n) is 2.55. The second kappa shape index (κ2) is 3.80. The van der Waals surface area contributed by atoms with Gasteiger partial charge in [-0.3, -0.25) is 4.98 Å². The molecule has 4 nitrogen and oxygen atoms in total. The summed E-state index contributed by atoms with van der Waals surface area (Å²) in [5.74, 6) is 0. The largest absolute Gasteiger partial charge is 0.367 e. The summed E-state index contributed by atoms with van der Waals surface area (Å²) in [5, 5.41) is 8.03. The average Bonchev–Trinajstić information content (AvgIpc) is 2.74. The van der Waals surface area contributed by atoms with Gasteiger partial charge in [0, 0.05) is 22.6 Å². The third-order valence-corrected chi connectivity index (χ3v) is 3.15. The van der Waals surface area contributed by atoms with Crippen LogP contribution in [0.25, 0.3) is 0 Å². The van der Waals surface area contributed by atoms with Gasteiger partial charge in [0.1, 0.15) is 5.00 Å². The number of aromatic nitrogens is 3. The van der Waals surface area contributed by atoms with Gasteiger partial charge in [0.25, 0.3) is 0 Å². The van der Waals surface area contributed by atoms with E-state index in [1.807, 2.05) is 11.7 Å². The fourth-order valence-electron chi connectivity index (χ4n) is 0.955. The first kappa shape index (κ1) is 8.58. The van der Waals surface area contributed by atoms with Crippen molar-refractivity contribution < 1.29 is 0 Å². The van der Waals surface area contributed by atoms with Crippen molar-refractivity contribution in [3.05, 3.63) is 22.8 Å². The van der Waals surface area contributed by atoms with Crippen LogP contribution in [0.3, 0.4) is 0 Å². The maximum absolute atomic E-state index is 4.02. The van der Waals surface area contributed by atoms with Crippen molar-refractivity contribution in [1.82, 2.24) is 14.6 Å². The lowest BCUT2D eigenvalue weighted by Gasteiger charge is -2.09. The molecule has 2 rings (SSSR count). The van der Waals surface area contributed by atoms with Crippen molar-refractivity contribution in [3.63, 3.8) is 0 Å². The summed E-state index contributed by atoms with van der Waals surface area (Å²) in [6.07, 6.45) is 3.60. The number of hydrogen-bond acceptors (Lipinski definition) is 6. The molecule has 0 spiro atoms. The number of hydrogen-bond donors (Lipinski definition) is 1. The van der Waals surface area contributed by atoms with Crippen LogP contribution in [-0.2, 0) is 0 Å². The van der Waals surface area contributed by atoms with Gasteiger partial charge in [0.2, 0.25) is 0 Å². The van der Waals surface area contributed by atoms with Gasteiger partial charge in [0.15, 0.2) is 0 Å². The van der Waals surface area contributed by atoms with E-state index in [2.05, 4.69) is 26.8 Å². The topological polar surface area (TPSA) is 50.7 Å². The molecule has 0 bridgehead atoms. The zero-order valence-electron chi connectivity index (χ0n) is 6.97. The van der Waals surface area contributed by atoms with E-state index in [1.165, 1.54) is 16.4 Å². The van der Waals surface area contributed by atoms with Gasteiger partial charge in [-0.1, -0.05) is 4.49 Å². The molecule has 2 heterocycles. The Morgan fingerprint density at radius 1 is 1.46 bits per heavy atom. The zero-order chi connectivity index (χ0) is 9.10. The van der Waals surface area contributed by atoms with Crippen LogP contribution in [0.1, 0.15) is 17.8 Å². The molecule has 0 aromatic carbocycles. The molecular weight excluding hydrogens is 204 g/mol. The number of thiazole rings is 1. The van der Waals surface area contributed by atoms with Crippen LogP contribution < -0.4 is 5.32 Å². The molecule has 0 aliphatic carbocycles. The maximum atomic E-state index is 4.02. The van der Waals surface area contributed by atoms with Crippen molar-refractivity contribution in [1.29, 1.82) is 0 Å². The van der Waals surface area contributed by atoms with Gasteiger partial charge in [0.05, 0.1) is 17.7 Å². The highest BCUT2D eigenvalue weighted by Crippen LogP contribution is 2.22. The van der Waals surface area contributed by atoms with Crippen LogP contribution in [0.5, 0.6) is 0 Å². The average molecular weight is 212 g/mol. The first-order valence-corrected chi connectivity index (χ1v) is 5.44. The zero-order valence-corrected chi connectivity index (χ0v) is 8.60. The molecule has 13 heavy (non-hydrogen) atoms. The standard InChI is InChI=1S/C7H8N4S2/c1-5(6-2-8-4-12-6)10-7-3-9-11-13-7/h2-5,10H,1H3. The molecule has 2 aromatic rings. The first-order chi connectivity index (χ1) is 6.36. The highest BCUT2D eigenvalue weighted by atomic mass is 32.1. The van der Waals surface area contributed by atoms with E-state index < -0.39 is 0 Å². The highest BCUT2D eigenvalue weighted by molar-refractivity contribution is 7.10. The van der Waals surface area contributed by atoms with Crippen LogP contribution in [0, 0.1) is 0 Å². The predicted molar refractivity (Wildman–Crippen MR) is 54.1 cm³/mol. The molecule has 1 N–H and O–H groups in total. The van der Waals surface area contributed by atoms with E-state index in [-0.39, 0.29) is 6.04 Å². The number of nitrogens with one attached hydrogen (secondary N) is 1. The number of rotatable bonds is 3. The van der Waals surface area contributed by atoms with E-state index >= 15 is 0 Å². The van der Waals surface area contributed by atoms with Gasteiger partial charge in [-0.25, -0.2) is 0 Å². The Morgan fingerprint density at radius 3 is 3.00 bits per heavy atom. The molecular formula is C7H8N4S2. The summed E-state index contributed by atoms with van der Waals surface area (Å²) < 4.78 is 3.77. The number of nitrogens with zero attached hydrogens (tertiary/aromatic N) is 3. The minimum absolute atomic E-state index is 0.273. The minimum atomic E-state index is 0.273. The summed E-state index contributed by atoms with van der Waals surface area (Å²) in [4.78, 5) is 5.24. The van der Waals surface area contributed by atoms with Crippen molar-refractivity contribution in [2.45, 2.75) is 13.0 Å². The van der Waals surface area contributed by atoms with Crippen LogP contribution in [0.4, 0.5) is 5.00 Å². The Morgan fingerprint density at radius 2 is 2.38 bits per heavy atom. The van der Waals surface area contributed by atoms with Crippen LogP contribution in [-0.4, -0.2) is 14.6 Å². The molecule has 0 fully saturated rings. The van der Waals surface area contributed by atoms with Gasteiger partial charge in [-0.05, 0) is 6.92 Å². The highest BCUT2D eigenvalue weighted by Gasteiger charge is 2.07. The van der Waals surface area contributed by atoms with E-state index in [1.54, 1.807) is 17.5 Å². The lowest BCUT2D eigenvalue weighted by molar-refractivity contribution is 0.907. The van der Waals surface area contributed by atoms with Crippen LogP contribution >= 0.6 is 22.9 Å². The molecule has 0 aliphatic rings. The summed E-state index contributed by atoms with van der Waals surface area (Å²) in [5.41, 5.74) is 1.83. The minimum Gasteiger partial charge on any atom is -0.367 e. The SMILES string of the molecule is CC(Nc1cnns1)c1cncs1. The third-order valence-electron chi connectivity index (χ3n) is 1.60. The van der Waals surface area contributed by atoms with E-state index in [4.69, 9.17) is 0 Å². The first-order valence-electron chi connectivity index (χ1n) is 3.78. The van der Waals surface area contributed by atoms with E-state index in [0.29, 0.717) is 0 Å². The van der Waals surface area contributed by atoms with Crippen LogP contribution in [0.15, 0.2) is 17.9 Å². The smallest absolute Gasteiger partial charge is 0.130 e. The van der Waals surface area contributed by atoms with Crippen LogP contribution in [0.2, 0.25) is 0 Å². The molecule has 0 aliphatic heterocycles. The van der Waals surface area contributed by atoms with Gasteiger partial charge < -0.3 is 5.32 Å². The van der Waals surface area contributed by atoms with Crippen molar-refractivity contribution in [3.8, 4) is 0 Å². The Kier molecular flexibility index (Phi) is 2.51. The fourth-order valence-corrected chi connectivity index (χ4v) is 2.09. The number of anilines is 1. The summed E-state index contributed by atoms with van der Waals surface area (Å²) in [6.45, 7) is 2.09.